The monoisotopic (exact) mass is 310 g/mol. The Bertz CT molecular complexity index is 517. The minimum atomic E-state index is -0.0306. The molecule has 0 fully saturated rings. The van der Waals surface area contributed by atoms with Gasteiger partial charge >= 0.3 is 0 Å². The molecule has 21 heavy (non-hydrogen) atoms. The maximum atomic E-state index is 11.4. The predicted octanol–water partition coefficient (Wildman–Crippen LogP) is 2.56. The van der Waals surface area contributed by atoms with Crippen LogP contribution in [0, 0.1) is 0 Å². The first-order chi connectivity index (χ1) is 9.63. The topological polar surface area (TPSA) is 65.5 Å². The van der Waals surface area contributed by atoms with Gasteiger partial charge in [0.15, 0.2) is 5.96 Å². The Morgan fingerprint density at radius 3 is 2.33 bits per heavy atom. The van der Waals surface area contributed by atoms with Crippen molar-refractivity contribution < 1.29 is 4.79 Å². The van der Waals surface area contributed by atoms with Gasteiger partial charge in [-0.25, -0.2) is 0 Å². The van der Waals surface area contributed by atoms with Crippen molar-refractivity contribution in [2.75, 3.05) is 23.7 Å². The van der Waals surface area contributed by atoms with Gasteiger partial charge in [-0.05, 0) is 36.1 Å². The third-order valence-electron chi connectivity index (χ3n) is 3.30. The fourth-order valence-electron chi connectivity index (χ4n) is 2.35. The van der Waals surface area contributed by atoms with Gasteiger partial charge in [-0.15, -0.1) is 12.4 Å². The van der Waals surface area contributed by atoms with Crippen molar-refractivity contribution in [1.82, 2.24) is 5.32 Å². The zero-order chi connectivity index (χ0) is 14.5. The summed E-state index contributed by atoms with van der Waals surface area (Å²) in [5.74, 6) is 0.790. The Kier molecular flexibility index (Phi) is 6.49. The van der Waals surface area contributed by atoms with Crippen LogP contribution in [0.4, 0.5) is 11.4 Å². The van der Waals surface area contributed by atoms with E-state index in [1.807, 2.05) is 0 Å². The van der Waals surface area contributed by atoms with E-state index in [1.54, 1.807) is 6.92 Å². The first-order valence-corrected chi connectivity index (χ1v) is 7.12. The van der Waals surface area contributed by atoms with Gasteiger partial charge in [-0.2, -0.15) is 0 Å². The fourth-order valence-corrected chi connectivity index (χ4v) is 2.35. The van der Waals surface area contributed by atoms with Crippen molar-refractivity contribution in [3.05, 3.63) is 23.3 Å². The smallest absolute Gasteiger partial charge is 0.221 e. The number of guanidine groups is 1. The van der Waals surface area contributed by atoms with E-state index in [2.05, 4.69) is 46.9 Å². The summed E-state index contributed by atoms with van der Waals surface area (Å²) in [6.45, 7) is 7.42. The van der Waals surface area contributed by atoms with E-state index in [0.717, 1.165) is 54.4 Å². The largest absolute Gasteiger partial charge is 0.354 e. The van der Waals surface area contributed by atoms with Gasteiger partial charge in [0, 0.05) is 24.8 Å². The van der Waals surface area contributed by atoms with Crippen LogP contribution in [0.25, 0.3) is 0 Å². The number of aryl methyl sites for hydroxylation is 2. The standard InChI is InChI=1S/C15H22N4O.ClH/c1-4-11-8-13(19-15-16-6-7-17-15)9-12(5-2)14(11)18-10(3)20;/h8-9H,4-7H2,1-3H3,(H,18,20)(H2,16,17,19);1H. The SMILES string of the molecule is CCc1cc(NC2=NCCN2)cc(CC)c1NC(C)=O.Cl. The maximum absolute atomic E-state index is 11.4. The number of nitrogens with zero attached hydrogens (tertiary/aromatic N) is 1. The maximum Gasteiger partial charge on any atom is 0.221 e. The number of hydrogen-bond acceptors (Lipinski definition) is 4. The molecule has 0 saturated heterocycles. The number of aliphatic imine (C=N–C) groups is 1. The Balaban J connectivity index is 0.00000220. The van der Waals surface area contributed by atoms with E-state index in [-0.39, 0.29) is 18.3 Å². The Hall–Kier alpha value is -1.75. The van der Waals surface area contributed by atoms with Crippen molar-refractivity contribution >= 4 is 35.6 Å². The first kappa shape index (κ1) is 17.3. The number of carbonyl (C=O) groups is 1. The molecular formula is C15H23ClN4O. The molecule has 0 spiro atoms. The normalized spacial score (nSPS) is 13.0. The third-order valence-corrected chi connectivity index (χ3v) is 3.30. The molecule has 0 atom stereocenters. The number of nitrogens with one attached hydrogen (secondary N) is 3. The van der Waals surface area contributed by atoms with Crippen LogP contribution in [0.5, 0.6) is 0 Å². The highest BCUT2D eigenvalue weighted by atomic mass is 35.5. The van der Waals surface area contributed by atoms with Crippen LogP contribution >= 0.6 is 12.4 Å². The summed E-state index contributed by atoms with van der Waals surface area (Å²) < 4.78 is 0. The van der Waals surface area contributed by atoms with Gasteiger partial charge in [-0.1, -0.05) is 13.8 Å². The lowest BCUT2D eigenvalue weighted by molar-refractivity contribution is -0.114. The Labute approximate surface area is 132 Å². The van der Waals surface area contributed by atoms with Crippen molar-refractivity contribution in [2.45, 2.75) is 33.6 Å². The van der Waals surface area contributed by atoms with Crippen LogP contribution in [0.1, 0.15) is 31.9 Å². The molecule has 116 valence electrons. The van der Waals surface area contributed by atoms with E-state index in [4.69, 9.17) is 0 Å². The fraction of sp³-hybridized carbons (Fsp3) is 0.467. The molecular weight excluding hydrogens is 288 g/mol. The van der Waals surface area contributed by atoms with E-state index in [9.17, 15) is 4.79 Å². The lowest BCUT2D eigenvalue weighted by atomic mass is 10.0. The van der Waals surface area contributed by atoms with Gasteiger partial charge < -0.3 is 16.0 Å². The number of amides is 1. The molecule has 0 aliphatic carbocycles. The summed E-state index contributed by atoms with van der Waals surface area (Å²) >= 11 is 0. The second kappa shape index (κ2) is 7.88. The summed E-state index contributed by atoms with van der Waals surface area (Å²) in [6, 6.07) is 4.15. The molecule has 0 radical (unpaired) electrons. The molecule has 1 amide bonds. The second-order valence-corrected chi connectivity index (χ2v) is 4.84. The summed E-state index contributed by atoms with van der Waals surface area (Å²) in [6.07, 6.45) is 1.75. The average molecular weight is 311 g/mol. The van der Waals surface area contributed by atoms with Gasteiger partial charge in [0.1, 0.15) is 0 Å². The first-order valence-electron chi connectivity index (χ1n) is 7.12. The molecule has 0 unspecified atom stereocenters. The molecule has 1 aromatic carbocycles. The highest BCUT2D eigenvalue weighted by molar-refractivity contribution is 5.96. The third kappa shape index (κ3) is 4.36. The van der Waals surface area contributed by atoms with Crippen molar-refractivity contribution in [1.29, 1.82) is 0 Å². The summed E-state index contributed by atoms with van der Waals surface area (Å²) in [5, 5.41) is 9.45. The summed E-state index contributed by atoms with van der Waals surface area (Å²) in [7, 11) is 0. The number of benzene rings is 1. The van der Waals surface area contributed by atoms with Gasteiger partial charge in [0.25, 0.3) is 0 Å². The minimum absolute atomic E-state index is 0. The molecule has 0 aromatic heterocycles. The molecule has 1 aromatic rings. The lowest BCUT2D eigenvalue weighted by Crippen LogP contribution is -2.26. The average Bonchev–Trinajstić information content (AvgIpc) is 2.92. The number of anilines is 2. The van der Waals surface area contributed by atoms with Crippen LogP contribution in [0.15, 0.2) is 17.1 Å². The van der Waals surface area contributed by atoms with Crippen molar-refractivity contribution in [3.8, 4) is 0 Å². The molecule has 0 bridgehead atoms. The van der Waals surface area contributed by atoms with E-state index >= 15 is 0 Å². The van der Waals surface area contributed by atoms with Gasteiger partial charge in [-0.3, -0.25) is 9.79 Å². The van der Waals surface area contributed by atoms with Crippen LogP contribution in [0.2, 0.25) is 0 Å². The van der Waals surface area contributed by atoms with Crippen LogP contribution < -0.4 is 16.0 Å². The molecule has 1 aliphatic rings. The summed E-state index contributed by atoms with van der Waals surface area (Å²) in [5.41, 5.74) is 4.25. The Morgan fingerprint density at radius 1 is 1.29 bits per heavy atom. The molecule has 0 saturated carbocycles. The van der Waals surface area contributed by atoms with Crippen molar-refractivity contribution in [3.63, 3.8) is 0 Å². The second-order valence-electron chi connectivity index (χ2n) is 4.84. The molecule has 5 nitrogen and oxygen atoms in total. The molecule has 1 aliphatic heterocycles. The highest BCUT2D eigenvalue weighted by Gasteiger charge is 2.12. The summed E-state index contributed by atoms with van der Waals surface area (Å²) in [4.78, 5) is 15.7. The van der Waals surface area contributed by atoms with Crippen molar-refractivity contribution in [2.24, 2.45) is 4.99 Å². The van der Waals surface area contributed by atoms with E-state index < -0.39 is 0 Å². The predicted molar refractivity (Wildman–Crippen MR) is 90.7 cm³/mol. The van der Waals surface area contributed by atoms with Gasteiger partial charge in [0.05, 0.1) is 6.54 Å². The molecule has 6 heteroatoms. The zero-order valence-corrected chi connectivity index (χ0v) is 13.6. The quantitative estimate of drug-likeness (QED) is 0.801. The number of carbonyl (C=O) groups excluding carboxylic acids is 1. The molecule has 3 N–H and O–H groups in total. The Morgan fingerprint density at radius 2 is 1.90 bits per heavy atom. The zero-order valence-electron chi connectivity index (χ0n) is 12.7. The number of rotatable bonds is 4. The van der Waals surface area contributed by atoms with Crippen LogP contribution in [-0.2, 0) is 17.6 Å². The van der Waals surface area contributed by atoms with E-state index in [1.165, 1.54) is 0 Å². The van der Waals surface area contributed by atoms with Crippen LogP contribution in [0.3, 0.4) is 0 Å². The lowest BCUT2D eigenvalue weighted by Gasteiger charge is -2.17. The van der Waals surface area contributed by atoms with E-state index in [0.29, 0.717) is 0 Å². The van der Waals surface area contributed by atoms with Crippen LogP contribution in [-0.4, -0.2) is 25.0 Å². The van der Waals surface area contributed by atoms with Gasteiger partial charge in [0.2, 0.25) is 5.91 Å². The number of halogens is 1. The molecule has 2 rings (SSSR count). The number of hydrogen-bond donors (Lipinski definition) is 3. The molecule has 1 heterocycles. The minimum Gasteiger partial charge on any atom is -0.354 e. The highest BCUT2D eigenvalue weighted by Crippen LogP contribution is 2.27.